The molecule has 6 heteroatoms. The van der Waals surface area contributed by atoms with E-state index in [9.17, 15) is 9.59 Å². The highest BCUT2D eigenvalue weighted by molar-refractivity contribution is 8.13. The van der Waals surface area contributed by atoms with Crippen molar-refractivity contribution in [1.29, 1.82) is 0 Å². The molecule has 1 atom stereocenters. The first kappa shape index (κ1) is 24.8. The summed E-state index contributed by atoms with van der Waals surface area (Å²) in [4.78, 5) is 32.1. The summed E-state index contributed by atoms with van der Waals surface area (Å²) in [5, 5.41) is 0.792. The number of thioether (sulfide) groups is 1. The highest BCUT2D eigenvalue weighted by atomic mass is 35.5. The minimum Gasteiger partial charge on any atom is -0.342 e. The van der Waals surface area contributed by atoms with E-state index >= 15 is 0 Å². The van der Waals surface area contributed by atoms with Gasteiger partial charge in [-0.2, -0.15) is 0 Å². The van der Waals surface area contributed by atoms with Gasteiger partial charge in [-0.1, -0.05) is 71.4 Å². The Kier molecular flexibility index (Phi) is 7.59. The zero-order chi connectivity index (χ0) is 25.1. The Hall–Kier alpha value is -2.89. The third kappa shape index (κ3) is 5.28. The van der Waals surface area contributed by atoms with Crippen LogP contribution in [0.5, 0.6) is 0 Å². The van der Waals surface area contributed by atoms with Crippen molar-refractivity contribution < 1.29 is 9.59 Å². The molecule has 0 radical (unpaired) electrons. The molecule has 1 aliphatic carbocycles. The van der Waals surface area contributed by atoms with Crippen LogP contribution in [0.2, 0.25) is 5.02 Å². The van der Waals surface area contributed by atoms with Gasteiger partial charge in [-0.3, -0.25) is 14.6 Å². The molecule has 1 unspecified atom stereocenters. The molecule has 1 aromatic heterocycles. The predicted octanol–water partition coefficient (Wildman–Crippen LogP) is 6.32. The number of halogens is 1. The van der Waals surface area contributed by atoms with Gasteiger partial charge in [-0.15, -0.1) is 0 Å². The molecule has 1 fully saturated rings. The third-order valence-electron chi connectivity index (χ3n) is 7.11. The normalized spacial score (nSPS) is 16.1. The summed E-state index contributed by atoms with van der Waals surface area (Å²) >= 11 is 7.58. The van der Waals surface area contributed by atoms with Crippen molar-refractivity contribution in [2.24, 2.45) is 0 Å². The molecule has 184 valence electrons. The van der Waals surface area contributed by atoms with Crippen molar-refractivity contribution in [2.45, 2.75) is 38.5 Å². The van der Waals surface area contributed by atoms with Gasteiger partial charge in [0.05, 0.1) is 11.6 Å². The van der Waals surface area contributed by atoms with E-state index in [2.05, 4.69) is 18.2 Å². The van der Waals surface area contributed by atoms with Crippen molar-refractivity contribution in [3.63, 3.8) is 0 Å². The maximum absolute atomic E-state index is 13.6. The number of hydrogen-bond donors (Lipinski definition) is 0. The smallest absolute Gasteiger partial charge is 0.230 e. The van der Waals surface area contributed by atoms with E-state index in [4.69, 9.17) is 16.6 Å². The lowest BCUT2D eigenvalue weighted by Crippen LogP contribution is -2.40. The number of aromatic nitrogens is 1. The number of pyridine rings is 1. The van der Waals surface area contributed by atoms with Gasteiger partial charge in [0.25, 0.3) is 0 Å². The van der Waals surface area contributed by atoms with E-state index in [1.165, 1.54) is 39.6 Å². The highest BCUT2D eigenvalue weighted by Gasteiger charge is 2.30. The Morgan fingerprint density at radius 1 is 0.972 bits per heavy atom. The topological polar surface area (TPSA) is 50.3 Å². The van der Waals surface area contributed by atoms with Crippen LogP contribution >= 0.6 is 23.4 Å². The van der Waals surface area contributed by atoms with Crippen LogP contribution in [0.25, 0.3) is 5.57 Å². The number of benzene rings is 2. The Morgan fingerprint density at radius 2 is 1.72 bits per heavy atom. The van der Waals surface area contributed by atoms with Gasteiger partial charge in [0.2, 0.25) is 5.91 Å². The minimum absolute atomic E-state index is 0.0349. The second-order valence-electron chi connectivity index (χ2n) is 9.38. The van der Waals surface area contributed by atoms with Crippen LogP contribution in [-0.2, 0) is 22.4 Å². The van der Waals surface area contributed by atoms with Crippen LogP contribution < -0.4 is 0 Å². The summed E-state index contributed by atoms with van der Waals surface area (Å²) in [6, 6.07) is 20.2. The fourth-order valence-corrected chi connectivity index (χ4v) is 6.23. The summed E-state index contributed by atoms with van der Waals surface area (Å²) in [7, 11) is 0. The molecule has 3 aromatic rings. The molecule has 4 nitrogen and oxygen atoms in total. The fourth-order valence-electron chi connectivity index (χ4n) is 5.30. The second kappa shape index (κ2) is 11.0. The van der Waals surface area contributed by atoms with Crippen molar-refractivity contribution >= 4 is 40.0 Å². The van der Waals surface area contributed by atoms with Gasteiger partial charge < -0.3 is 4.90 Å². The molecule has 2 aromatic carbocycles. The van der Waals surface area contributed by atoms with Crippen LogP contribution in [0.3, 0.4) is 0 Å². The molecular formula is C30H29ClN2O2S. The fraction of sp³-hybridized carbons (Fsp3) is 0.300. The summed E-state index contributed by atoms with van der Waals surface area (Å²) in [5.74, 6) is 0.247. The number of fused-ring (bicyclic) bond motifs is 2. The first-order valence-corrected chi connectivity index (χ1v) is 13.8. The molecule has 0 spiro atoms. The number of amides is 1. The van der Waals surface area contributed by atoms with Crippen LogP contribution in [0.4, 0.5) is 0 Å². The maximum atomic E-state index is 13.6. The Balaban J connectivity index is 1.44. The molecule has 1 saturated heterocycles. The zero-order valence-corrected chi connectivity index (χ0v) is 21.9. The van der Waals surface area contributed by atoms with Gasteiger partial charge in [-0.25, -0.2) is 0 Å². The number of carbonyl (C=O) groups excluding carboxylic acids is 2. The minimum atomic E-state index is -0.322. The Morgan fingerprint density at radius 3 is 2.47 bits per heavy atom. The largest absolute Gasteiger partial charge is 0.342 e. The molecule has 0 bridgehead atoms. The van der Waals surface area contributed by atoms with Gasteiger partial charge in [0, 0.05) is 42.6 Å². The average Bonchev–Trinajstić information content (AvgIpc) is 3.06. The van der Waals surface area contributed by atoms with Gasteiger partial charge in [0.15, 0.2) is 5.12 Å². The lowest BCUT2D eigenvalue weighted by atomic mass is 9.88. The van der Waals surface area contributed by atoms with Crippen molar-refractivity contribution in [2.75, 3.05) is 18.8 Å². The molecule has 36 heavy (non-hydrogen) atoms. The number of hydrogen-bond acceptors (Lipinski definition) is 4. The number of rotatable bonds is 4. The second-order valence-corrected chi connectivity index (χ2v) is 11.0. The molecular weight excluding hydrogens is 488 g/mol. The van der Waals surface area contributed by atoms with Gasteiger partial charge in [0.1, 0.15) is 0 Å². The Bertz CT molecular complexity index is 1310. The number of carbonyl (C=O) groups is 2. The van der Waals surface area contributed by atoms with Crippen LogP contribution in [-0.4, -0.2) is 39.7 Å². The first-order chi connectivity index (χ1) is 17.5. The van der Waals surface area contributed by atoms with Crippen molar-refractivity contribution in [3.8, 4) is 0 Å². The molecule has 0 N–H and O–H groups in total. The summed E-state index contributed by atoms with van der Waals surface area (Å²) in [5.41, 5.74) is 8.32. The molecule has 2 aliphatic rings. The van der Waals surface area contributed by atoms with E-state index < -0.39 is 0 Å². The zero-order valence-electron chi connectivity index (χ0n) is 20.4. The standard InChI is InChI=1S/C30H29ClN2O2S/c1-20(34)36-19-27(21-6-3-2-4-7-21)30(35)33-16-13-22(14-17-33)28-26-12-11-25(31)18-24(26)10-9-23-8-5-15-32-29(23)28/h2-8,11-12,15,18,27H,9-10,13-14,16-17,19H2,1H3. The lowest BCUT2D eigenvalue weighted by Gasteiger charge is -2.33. The SMILES string of the molecule is CC(=O)SCC(C(=O)N1CCC(=C2c3ccc(Cl)cc3CCc3cccnc32)CC1)c1ccccc1. The quantitative estimate of drug-likeness (QED) is 0.407. The molecule has 0 saturated carbocycles. The lowest BCUT2D eigenvalue weighted by molar-refractivity contribution is -0.132. The van der Waals surface area contributed by atoms with E-state index in [0.29, 0.717) is 18.8 Å². The van der Waals surface area contributed by atoms with Gasteiger partial charge >= 0.3 is 0 Å². The monoisotopic (exact) mass is 516 g/mol. The van der Waals surface area contributed by atoms with E-state index in [1.807, 2.05) is 53.6 Å². The Labute approximate surface area is 221 Å². The predicted molar refractivity (Wildman–Crippen MR) is 147 cm³/mol. The average molecular weight is 517 g/mol. The van der Waals surface area contributed by atoms with Crippen LogP contribution in [0, 0.1) is 0 Å². The summed E-state index contributed by atoms with van der Waals surface area (Å²) < 4.78 is 0. The van der Waals surface area contributed by atoms with Gasteiger partial charge in [-0.05, 0) is 66.1 Å². The number of piperidine rings is 1. The number of aryl methyl sites for hydroxylation is 2. The summed E-state index contributed by atoms with van der Waals surface area (Å²) in [6.45, 7) is 2.88. The van der Waals surface area contributed by atoms with Crippen LogP contribution in [0.15, 0.2) is 72.4 Å². The van der Waals surface area contributed by atoms with Crippen molar-refractivity contribution in [1.82, 2.24) is 9.88 Å². The number of nitrogens with zero attached hydrogens (tertiary/aromatic N) is 2. The van der Waals surface area contributed by atoms with E-state index in [-0.39, 0.29) is 16.9 Å². The van der Waals surface area contributed by atoms with E-state index in [0.717, 1.165) is 42.0 Å². The molecule has 1 aliphatic heterocycles. The maximum Gasteiger partial charge on any atom is 0.230 e. The summed E-state index contributed by atoms with van der Waals surface area (Å²) in [6.07, 6.45) is 5.35. The molecule has 5 rings (SSSR count). The first-order valence-electron chi connectivity index (χ1n) is 12.4. The van der Waals surface area contributed by atoms with Crippen molar-refractivity contribution in [3.05, 3.63) is 105 Å². The number of likely N-dealkylation sites (tertiary alicyclic amines) is 1. The third-order valence-corrected chi connectivity index (χ3v) is 8.26. The highest BCUT2D eigenvalue weighted by Crippen LogP contribution is 2.39. The van der Waals surface area contributed by atoms with Crippen LogP contribution in [0.1, 0.15) is 53.6 Å². The molecule has 1 amide bonds. The molecule has 2 heterocycles. The van der Waals surface area contributed by atoms with E-state index in [1.54, 1.807) is 6.92 Å².